The monoisotopic (exact) mass is 400 g/mol. The van der Waals surface area contributed by atoms with Gasteiger partial charge >= 0.3 is 0 Å². The SMILES string of the molecule is O=C(Nc1cc(-n2ccnc2)c2cc(F)ccc2n1)c1c(Cl)cccc1Cl. The Morgan fingerprint density at radius 1 is 1.11 bits per heavy atom. The highest BCUT2D eigenvalue weighted by molar-refractivity contribution is 6.40. The van der Waals surface area contributed by atoms with Crippen molar-refractivity contribution in [2.45, 2.75) is 0 Å². The summed E-state index contributed by atoms with van der Waals surface area (Å²) in [6.45, 7) is 0. The predicted molar refractivity (Wildman–Crippen MR) is 103 cm³/mol. The number of hydrogen-bond acceptors (Lipinski definition) is 3. The summed E-state index contributed by atoms with van der Waals surface area (Å²) in [4.78, 5) is 21.1. The second-order valence-corrected chi connectivity index (χ2v) is 6.52. The van der Waals surface area contributed by atoms with Gasteiger partial charge in [0.1, 0.15) is 11.6 Å². The van der Waals surface area contributed by atoms with E-state index in [0.717, 1.165) is 0 Å². The third-order valence-electron chi connectivity index (χ3n) is 3.96. The number of carbonyl (C=O) groups is 1. The lowest BCUT2D eigenvalue weighted by Gasteiger charge is -2.12. The lowest BCUT2D eigenvalue weighted by molar-refractivity contribution is 0.102. The normalized spacial score (nSPS) is 10.9. The molecule has 0 aliphatic rings. The number of benzene rings is 2. The number of carbonyl (C=O) groups excluding carboxylic acids is 1. The van der Waals surface area contributed by atoms with Gasteiger partial charge in [-0.25, -0.2) is 14.4 Å². The molecule has 0 atom stereocenters. The highest BCUT2D eigenvalue weighted by Gasteiger charge is 2.16. The van der Waals surface area contributed by atoms with E-state index >= 15 is 0 Å². The first-order valence-electron chi connectivity index (χ1n) is 7.87. The summed E-state index contributed by atoms with van der Waals surface area (Å²) in [5, 5.41) is 3.76. The molecule has 0 aliphatic carbocycles. The van der Waals surface area contributed by atoms with Crippen LogP contribution in [0.25, 0.3) is 16.6 Å². The van der Waals surface area contributed by atoms with Crippen molar-refractivity contribution in [1.29, 1.82) is 0 Å². The average molecular weight is 401 g/mol. The highest BCUT2D eigenvalue weighted by atomic mass is 35.5. The zero-order chi connectivity index (χ0) is 19.0. The molecule has 1 amide bonds. The van der Waals surface area contributed by atoms with Crippen molar-refractivity contribution >= 4 is 45.8 Å². The fourth-order valence-corrected chi connectivity index (χ4v) is 3.32. The number of nitrogens with zero attached hydrogens (tertiary/aromatic N) is 3. The molecule has 0 spiro atoms. The molecule has 8 heteroatoms. The molecule has 0 saturated heterocycles. The highest BCUT2D eigenvalue weighted by Crippen LogP contribution is 2.28. The van der Waals surface area contributed by atoms with Gasteiger partial charge in [-0.05, 0) is 30.3 Å². The summed E-state index contributed by atoms with van der Waals surface area (Å²) in [5.41, 5.74) is 1.30. The van der Waals surface area contributed by atoms with Gasteiger partial charge in [0.25, 0.3) is 5.91 Å². The zero-order valence-corrected chi connectivity index (χ0v) is 15.2. The minimum Gasteiger partial charge on any atom is -0.306 e. The Bertz CT molecular complexity index is 1140. The molecule has 0 fully saturated rings. The predicted octanol–water partition coefficient (Wildman–Crippen LogP) is 5.12. The van der Waals surface area contributed by atoms with Crippen molar-refractivity contribution in [3.63, 3.8) is 0 Å². The number of aromatic nitrogens is 3. The van der Waals surface area contributed by atoms with Gasteiger partial charge in [0, 0.05) is 23.8 Å². The standard InChI is InChI=1S/C19H11Cl2FN4O/c20-13-2-1-3-14(21)18(13)19(27)25-17-9-16(26-7-6-23-10-26)12-8-11(22)4-5-15(12)24-17/h1-10H,(H,24,25,27). The maximum absolute atomic E-state index is 13.7. The van der Waals surface area contributed by atoms with Crippen LogP contribution in [-0.4, -0.2) is 20.4 Å². The Morgan fingerprint density at radius 3 is 2.59 bits per heavy atom. The quantitative estimate of drug-likeness (QED) is 0.519. The van der Waals surface area contributed by atoms with Crippen LogP contribution in [0.2, 0.25) is 10.0 Å². The first-order chi connectivity index (χ1) is 13.0. The Kier molecular flexibility index (Phi) is 4.51. The first kappa shape index (κ1) is 17.5. The van der Waals surface area contributed by atoms with Gasteiger partial charge < -0.3 is 9.88 Å². The molecule has 2 aromatic heterocycles. The van der Waals surface area contributed by atoms with Crippen LogP contribution in [0.15, 0.2) is 61.2 Å². The minimum atomic E-state index is -0.490. The van der Waals surface area contributed by atoms with Crippen LogP contribution in [0.3, 0.4) is 0 Å². The number of hydrogen-bond donors (Lipinski definition) is 1. The van der Waals surface area contributed by atoms with E-state index in [1.165, 1.54) is 12.1 Å². The summed E-state index contributed by atoms with van der Waals surface area (Å²) in [7, 11) is 0. The van der Waals surface area contributed by atoms with Crippen molar-refractivity contribution in [2.75, 3.05) is 5.32 Å². The summed E-state index contributed by atoms with van der Waals surface area (Å²) >= 11 is 12.2. The molecule has 134 valence electrons. The molecule has 2 aromatic carbocycles. The number of nitrogens with one attached hydrogen (secondary N) is 1. The molecule has 0 aliphatic heterocycles. The van der Waals surface area contributed by atoms with E-state index in [2.05, 4.69) is 15.3 Å². The van der Waals surface area contributed by atoms with Crippen molar-refractivity contribution in [3.05, 3.63) is 82.6 Å². The molecule has 2 heterocycles. The maximum atomic E-state index is 13.7. The third-order valence-corrected chi connectivity index (χ3v) is 4.59. The smallest absolute Gasteiger partial charge is 0.259 e. The molecule has 4 rings (SSSR count). The van der Waals surface area contributed by atoms with Gasteiger partial charge in [0.05, 0.1) is 33.1 Å². The Hall–Kier alpha value is -2.96. The number of rotatable bonds is 3. The second-order valence-electron chi connectivity index (χ2n) is 5.71. The fourth-order valence-electron chi connectivity index (χ4n) is 2.75. The number of amides is 1. The van der Waals surface area contributed by atoms with Gasteiger partial charge in [0.2, 0.25) is 0 Å². The Morgan fingerprint density at radius 2 is 1.89 bits per heavy atom. The van der Waals surface area contributed by atoms with E-state index in [4.69, 9.17) is 23.2 Å². The Labute approximate surface area is 163 Å². The molecule has 0 unspecified atom stereocenters. The zero-order valence-electron chi connectivity index (χ0n) is 13.7. The van der Waals surface area contributed by atoms with E-state index in [-0.39, 0.29) is 27.2 Å². The molecule has 0 radical (unpaired) electrons. The Balaban J connectivity index is 1.81. The van der Waals surface area contributed by atoms with Gasteiger partial charge in [0.15, 0.2) is 0 Å². The van der Waals surface area contributed by atoms with Crippen molar-refractivity contribution in [1.82, 2.24) is 14.5 Å². The van der Waals surface area contributed by atoms with E-state index in [1.807, 2.05) is 0 Å². The number of halogens is 3. The second kappa shape index (κ2) is 6.98. The summed E-state index contributed by atoms with van der Waals surface area (Å²) in [5.74, 6) is -0.597. The van der Waals surface area contributed by atoms with E-state index in [0.29, 0.717) is 16.6 Å². The lowest BCUT2D eigenvalue weighted by atomic mass is 10.1. The molecule has 5 nitrogen and oxygen atoms in total. The molecule has 0 saturated carbocycles. The molecular formula is C19H11Cl2FN4O. The van der Waals surface area contributed by atoms with Crippen LogP contribution < -0.4 is 5.32 Å². The number of pyridine rings is 1. The summed E-state index contributed by atoms with van der Waals surface area (Å²) in [6.07, 6.45) is 4.90. The van der Waals surface area contributed by atoms with Crippen LogP contribution in [0.5, 0.6) is 0 Å². The van der Waals surface area contributed by atoms with Crippen LogP contribution >= 0.6 is 23.2 Å². The van der Waals surface area contributed by atoms with Gasteiger partial charge in [-0.3, -0.25) is 4.79 Å². The fraction of sp³-hybridized carbons (Fsp3) is 0. The van der Waals surface area contributed by atoms with Crippen molar-refractivity contribution in [3.8, 4) is 5.69 Å². The van der Waals surface area contributed by atoms with Gasteiger partial charge in [-0.2, -0.15) is 0 Å². The molecule has 4 aromatic rings. The van der Waals surface area contributed by atoms with Gasteiger partial charge in [-0.1, -0.05) is 29.3 Å². The van der Waals surface area contributed by atoms with Crippen molar-refractivity contribution in [2.24, 2.45) is 0 Å². The van der Waals surface area contributed by atoms with Crippen LogP contribution in [0.1, 0.15) is 10.4 Å². The first-order valence-corrected chi connectivity index (χ1v) is 8.62. The number of imidazole rings is 1. The lowest BCUT2D eigenvalue weighted by Crippen LogP contribution is -2.14. The average Bonchev–Trinajstić information content (AvgIpc) is 3.15. The summed E-state index contributed by atoms with van der Waals surface area (Å²) in [6, 6.07) is 10.7. The van der Waals surface area contributed by atoms with Crippen LogP contribution in [0.4, 0.5) is 10.2 Å². The largest absolute Gasteiger partial charge is 0.306 e. The molecular weight excluding hydrogens is 390 g/mol. The molecule has 0 bridgehead atoms. The molecule has 1 N–H and O–H groups in total. The van der Waals surface area contributed by atoms with Crippen LogP contribution in [-0.2, 0) is 0 Å². The van der Waals surface area contributed by atoms with Gasteiger partial charge in [-0.15, -0.1) is 0 Å². The van der Waals surface area contributed by atoms with E-state index in [1.54, 1.807) is 53.6 Å². The minimum absolute atomic E-state index is 0.158. The maximum Gasteiger partial charge on any atom is 0.259 e. The number of anilines is 1. The summed E-state index contributed by atoms with van der Waals surface area (Å²) < 4.78 is 15.4. The third kappa shape index (κ3) is 3.37. The topological polar surface area (TPSA) is 59.8 Å². The van der Waals surface area contributed by atoms with Crippen molar-refractivity contribution < 1.29 is 9.18 Å². The number of fused-ring (bicyclic) bond motifs is 1. The molecule has 27 heavy (non-hydrogen) atoms. The van der Waals surface area contributed by atoms with Crippen LogP contribution in [0, 0.1) is 5.82 Å². The van der Waals surface area contributed by atoms with E-state index < -0.39 is 5.91 Å². The van der Waals surface area contributed by atoms with E-state index in [9.17, 15) is 9.18 Å².